The summed E-state index contributed by atoms with van der Waals surface area (Å²) in [5.74, 6) is -0.432. The number of piperidine rings is 1. The normalized spacial score (nSPS) is 22.7. The summed E-state index contributed by atoms with van der Waals surface area (Å²) in [4.78, 5) is 40.4. The highest BCUT2D eigenvalue weighted by Crippen LogP contribution is 2.32. The number of rotatable bonds is 6. The maximum atomic E-state index is 13.4. The van der Waals surface area contributed by atoms with Crippen LogP contribution in [0.1, 0.15) is 40.7 Å². The zero-order valence-corrected chi connectivity index (χ0v) is 20.4. The Bertz CT molecular complexity index is 1290. The molecule has 2 aromatic carbocycles. The summed E-state index contributed by atoms with van der Waals surface area (Å²) in [6.07, 6.45) is 1.44. The number of imide groups is 1. The molecule has 0 radical (unpaired) electrons. The van der Waals surface area contributed by atoms with Gasteiger partial charge in [-0.15, -0.1) is 0 Å². The number of amides is 3. The zero-order chi connectivity index (χ0) is 25.5. The minimum Gasteiger partial charge on any atom is -0.488 e. The molecule has 2 fully saturated rings. The Labute approximate surface area is 214 Å². The van der Waals surface area contributed by atoms with Crippen LogP contribution in [0.5, 0.6) is 5.75 Å². The molecule has 0 aromatic heterocycles. The number of carbonyl (C=O) groups is 3. The number of benzene rings is 2. The standard InChI is InChI=1S/C28H28FN3O5/c29-20-3-1-17(2-4-20)23-9-10-36-16-19(23)12-31-14-22(15-31)37-21-5-6-24-18(11-21)13-32(28(24)35)25-7-8-26(33)30-27(25)34/h1-6,11,22,25H,7-10,12-16H2,(H,30,33,34). The minimum absolute atomic E-state index is 0.0424. The average molecular weight is 506 g/mol. The largest absolute Gasteiger partial charge is 0.488 e. The average Bonchev–Trinajstić information content (AvgIpc) is 3.19. The quantitative estimate of drug-likeness (QED) is 0.608. The first-order valence-electron chi connectivity index (χ1n) is 12.7. The fourth-order valence-corrected chi connectivity index (χ4v) is 5.59. The van der Waals surface area contributed by atoms with Crippen molar-refractivity contribution in [3.63, 3.8) is 0 Å². The molecule has 8 nitrogen and oxygen atoms in total. The second-order valence-corrected chi connectivity index (χ2v) is 10.0. The first-order valence-corrected chi connectivity index (χ1v) is 12.7. The van der Waals surface area contributed by atoms with Crippen LogP contribution < -0.4 is 10.1 Å². The number of fused-ring (bicyclic) bond motifs is 1. The van der Waals surface area contributed by atoms with Gasteiger partial charge >= 0.3 is 0 Å². The van der Waals surface area contributed by atoms with Crippen molar-refractivity contribution in [1.29, 1.82) is 0 Å². The van der Waals surface area contributed by atoms with E-state index in [0.717, 1.165) is 37.2 Å². The third-order valence-electron chi connectivity index (χ3n) is 7.53. The summed E-state index contributed by atoms with van der Waals surface area (Å²) < 4.78 is 25.3. The van der Waals surface area contributed by atoms with Crippen LogP contribution >= 0.6 is 0 Å². The molecule has 4 heterocycles. The Morgan fingerprint density at radius 1 is 1.05 bits per heavy atom. The fourth-order valence-electron chi connectivity index (χ4n) is 5.59. The van der Waals surface area contributed by atoms with Gasteiger partial charge < -0.3 is 14.4 Å². The van der Waals surface area contributed by atoms with Gasteiger partial charge in [-0.2, -0.15) is 0 Å². The fraction of sp³-hybridized carbons (Fsp3) is 0.393. The first kappa shape index (κ1) is 23.8. The molecular formula is C28H28FN3O5. The Hall–Kier alpha value is -3.56. The van der Waals surface area contributed by atoms with Gasteiger partial charge in [-0.1, -0.05) is 12.1 Å². The number of ether oxygens (including phenoxy) is 2. The lowest BCUT2D eigenvalue weighted by Crippen LogP contribution is -2.54. The van der Waals surface area contributed by atoms with Gasteiger partial charge in [0.15, 0.2) is 0 Å². The van der Waals surface area contributed by atoms with E-state index in [1.807, 2.05) is 18.2 Å². The maximum Gasteiger partial charge on any atom is 0.255 e. The van der Waals surface area contributed by atoms with Crippen molar-refractivity contribution in [2.24, 2.45) is 0 Å². The SMILES string of the molecule is O=C1CCC(N2Cc3cc(OC4CN(CC5=C(c6ccc(F)cc6)CCOC5)C4)ccc3C2=O)C(=O)N1. The molecule has 4 aliphatic heterocycles. The molecule has 37 heavy (non-hydrogen) atoms. The summed E-state index contributed by atoms with van der Waals surface area (Å²) in [6.45, 7) is 3.92. The smallest absolute Gasteiger partial charge is 0.255 e. The van der Waals surface area contributed by atoms with Crippen LogP contribution in [0.2, 0.25) is 0 Å². The number of hydrogen-bond acceptors (Lipinski definition) is 6. The van der Waals surface area contributed by atoms with Gasteiger partial charge in [-0.05, 0) is 65.4 Å². The number of halogens is 1. The van der Waals surface area contributed by atoms with Crippen LogP contribution in [0.3, 0.4) is 0 Å². The number of likely N-dealkylation sites (tertiary alicyclic amines) is 1. The van der Waals surface area contributed by atoms with E-state index in [4.69, 9.17) is 9.47 Å². The van der Waals surface area contributed by atoms with E-state index in [1.54, 1.807) is 17.0 Å². The first-order chi connectivity index (χ1) is 17.9. The molecule has 6 rings (SSSR count). The molecule has 0 spiro atoms. The molecule has 1 atom stereocenters. The van der Waals surface area contributed by atoms with Crippen LogP contribution in [-0.2, 0) is 20.9 Å². The molecule has 2 aromatic rings. The second kappa shape index (κ2) is 9.72. The Morgan fingerprint density at radius 2 is 1.86 bits per heavy atom. The summed E-state index contributed by atoms with van der Waals surface area (Å²) in [6, 6.07) is 11.5. The number of nitrogens with one attached hydrogen (secondary N) is 1. The van der Waals surface area contributed by atoms with Crippen molar-refractivity contribution in [1.82, 2.24) is 15.1 Å². The van der Waals surface area contributed by atoms with E-state index in [-0.39, 0.29) is 30.2 Å². The van der Waals surface area contributed by atoms with Gasteiger partial charge in [-0.3, -0.25) is 24.6 Å². The molecule has 0 saturated carbocycles. The van der Waals surface area contributed by atoms with Gasteiger partial charge in [-0.25, -0.2) is 4.39 Å². The Kier molecular flexibility index (Phi) is 6.26. The third kappa shape index (κ3) is 4.76. The predicted octanol–water partition coefficient (Wildman–Crippen LogP) is 2.52. The minimum atomic E-state index is -0.625. The van der Waals surface area contributed by atoms with E-state index in [1.165, 1.54) is 23.3 Å². The summed E-state index contributed by atoms with van der Waals surface area (Å²) in [7, 11) is 0. The molecule has 1 unspecified atom stereocenters. The van der Waals surface area contributed by atoms with Crippen LogP contribution in [0, 0.1) is 5.82 Å². The lowest BCUT2D eigenvalue weighted by Gasteiger charge is -2.40. The molecule has 9 heteroatoms. The van der Waals surface area contributed by atoms with Crippen molar-refractivity contribution in [2.45, 2.75) is 38.0 Å². The van der Waals surface area contributed by atoms with Gasteiger partial charge in [0, 0.05) is 38.2 Å². The van der Waals surface area contributed by atoms with Crippen LogP contribution in [0.25, 0.3) is 5.57 Å². The van der Waals surface area contributed by atoms with Gasteiger partial charge in [0.1, 0.15) is 23.7 Å². The highest BCUT2D eigenvalue weighted by molar-refractivity contribution is 6.05. The Morgan fingerprint density at radius 3 is 2.65 bits per heavy atom. The van der Waals surface area contributed by atoms with E-state index >= 15 is 0 Å². The van der Waals surface area contributed by atoms with E-state index in [0.29, 0.717) is 37.5 Å². The van der Waals surface area contributed by atoms with Crippen LogP contribution in [-0.4, -0.2) is 72.5 Å². The lowest BCUT2D eigenvalue weighted by molar-refractivity contribution is -0.136. The van der Waals surface area contributed by atoms with Crippen molar-refractivity contribution < 1.29 is 28.2 Å². The van der Waals surface area contributed by atoms with Crippen molar-refractivity contribution >= 4 is 23.3 Å². The van der Waals surface area contributed by atoms with Crippen molar-refractivity contribution in [2.75, 3.05) is 32.8 Å². The van der Waals surface area contributed by atoms with Crippen molar-refractivity contribution in [3.05, 3.63) is 70.5 Å². The van der Waals surface area contributed by atoms with Crippen molar-refractivity contribution in [3.8, 4) is 5.75 Å². The lowest BCUT2D eigenvalue weighted by atomic mass is 9.95. The van der Waals surface area contributed by atoms with E-state index in [9.17, 15) is 18.8 Å². The monoisotopic (exact) mass is 505 g/mol. The molecule has 4 aliphatic rings. The topological polar surface area (TPSA) is 88.2 Å². The zero-order valence-electron chi connectivity index (χ0n) is 20.4. The third-order valence-corrected chi connectivity index (χ3v) is 7.53. The molecule has 3 amide bonds. The van der Waals surface area contributed by atoms with Crippen LogP contribution in [0.15, 0.2) is 48.0 Å². The van der Waals surface area contributed by atoms with Crippen LogP contribution in [0.4, 0.5) is 4.39 Å². The second-order valence-electron chi connectivity index (χ2n) is 10.0. The summed E-state index contributed by atoms with van der Waals surface area (Å²) >= 11 is 0. The van der Waals surface area contributed by atoms with E-state index < -0.39 is 11.9 Å². The number of carbonyl (C=O) groups excluding carboxylic acids is 3. The van der Waals surface area contributed by atoms with E-state index in [2.05, 4.69) is 10.2 Å². The molecule has 0 bridgehead atoms. The summed E-state index contributed by atoms with van der Waals surface area (Å²) in [5.41, 5.74) is 4.91. The molecular weight excluding hydrogens is 477 g/mol. The number of nitrogens with zero attached hydrogens (tertiary/aromatic N) is 2. The molecule has 2 saturated heterocycles. The molecule has 0 aliphatic carbocycles. The predicted molar refractivity (Wildman–Crippen MR) is 132 cm³/mol. The highest BCUT2D eigenvalue weighted by atomic mass is 19.1. The number of hydrogen-bond donors (Lipinski definition) is 1. The van der Waals surface area contributed by atoms with Gasteiger partial charge in [0.2, 0.25) is 11.8 Å². The Balaban J connectivity index is 1.06. The molecule has 1 N–H and O–H groups in total. The maximum absolute atomic E-state index is 13.4. The summed E-state index contributed by atoms with van der Waals surface area (Å²) in [5, 5.41) is 2.33. The van der Waals surface area contributed by atoms with Gasteiger partial charge in [0.25, 0.3) is 5.91 Å². The molecule has 192 valence electrons. The highest BCUT2D eigenvalue weighted by Gasteiger charge is 2.39. The van der Waals surface area contributed by atoms with Gasteiger partial charge in [0.05, 0.1) is 13.2 Å².